The highest BCUT2D eigenvalue weighted by atomic mass is 16.5. The summed E-state index contributed by atoms with van der Waals surface area (Å²) in [5.74, 6) is -0.0457. The molecule has 0 bridgehead atoms. The molecule has 0 saturated carbocycles. The minimum absolute atomic E-state index is 0.0148. The maximum atomic E-state index is 12.5. The molecule has 0 aromatic rings. The molecule has 2 unspecified atom stereocenters. The zero-order valence-corrected chi connectivity index (χ0v) is 55.0. The van der Waals surface area contributed by atoms with Crippen LogP contribution < -0.4 is 5.32 Å². The molecule has 1 amide bonds. The molecule has 480 valence electrons. The van der Waals surface area contributed by atoms with Crippen LogP contribution >= 0.6 is 0 Å². The van der Waals surface area contributed by atoms with E-state index in [1.54, 1.807) is 6.08 Å². The second-order valence-corrected chi connectivity index (χ2v) is 25.6. The standard InChI is InChI=1S/C75H145NO5/c1-3-5-7-9-11-13-15-17-19-41-45-49-53-57-61-65-69-75(80)81-70-66-62-58-54-50-46-42-38-36-34-32-30-28-26-24-22-20-21-23-25-27-29-31-33-35-37-40-44-48-52-56-60-64-68-74(79)76-72(71-77)73(78)67-63-59-55-51-47-43-39-18-16-14-12-10-8-6-4-2/h19,41,63,67,72-73,77-78H,3-18,20-40,42-62,64-66,68-71H2,1-2H3,(H,76,79)/b41-19-,67-63+. The van der Waals surface area contributed by atoms with Gasteiger partial charge in [0.15, 0.2) is 0 Å². The van der Waals surface area contributed by atoms with E-state index in [1.165, 1.54) is 347 Å². The van der Waals surface area contributed by atoms with Crippen molar-refractivity contribution in [3.8, 4) is 0 Å². The van der Waals surface area contributed by atoms with Crippen molar-refractivity contribution in [3.63, 3.8) is 0 Å². The smallest absolute Gasteiger partial charge is 0.305 e. The van der Waals surface area contributed by atoms with Crippen molar-refractivity contribution in [1.29, 1.82) is 0 Å². The highest BCUT2D eigenvalue weighted by Crippen LogP contribution is 2.19. The van der Waals surface area contributed by atoms with Crippen LogP contribution in [0.5, 0.6) is 0 Å². The maximum absolute atomic E-state index is 12.5. The van der Waals surface area contributed by atoms with E-state index in [9.17, 15) is 19.8 Å². The van der Waals surface area contributed by atoms with Crippen molar-refractivity contribution < 1.29 is 24.5 Å². The van der Waals surface area contributed by atoms with E-state index in [1.807, 2.05) is 6.08 Å². The summed E-state index contributed by atoms with van der Waals surface area (Å²) in [6, 6.07) is -0.624. The lowest BCUT2D eigenvalue weighted by molar-refractivity contribution is -0.143. The summed E-state index contributed by atoms with van der Waals surface area (Å²) >= 11 is 0. The fourth-order valence-electron chi connectivity index (χ4n) is 11.8. The Bertz CT molecular complexity index is 1270. The number of nitrogens with one attached hydrogen (secondary N) is 1. The first-order chi connectivity index (χ1) is 40.0. The first-order valence-corrected chi connectivity index (χ1v) is 37.1. The van der Waals surface area contributed by atoms with Crippen LogP contribution in [-0.2, 0) is 14.3 Å². The number of carbonyl (C=O) groups excluding carboxylic acids is 2. The van der Waals surface area contributed by atoms with E-state index in [0.717, 1.165) is 44.9 Å². The lowest BCUT2D eigenvalue weighted by Crippen LogP contribution is -2.45. The van der Waals surface area contributed by atoms with Gasteiger partial charge in [-0.25, -0.2) is 0 Å². The summed E-state index contributed by atoms with van der Waals surface area (Å²) in [4.78, 5) is 24.6. The van der Waals surface area contributed by atoms with Crippen LogP contribution in [0.3, 0.4) is 0 Å². The van der Waals surface area contributed by atoms with Gasteiger partial charge in [0.25, 0.3) is 0 Å². The number of rotatable bonds is 70. The van der Waals surface area contributed by atoms with Gasteiger partial charge in [0.1, 0.15) is 0 Å². The van der Waals surface area contributed by atoms with Gasteiger partial charge < -0.3 is 20.3 Å². The van der Waals surface area contributed by atoms with Gasteiger partial charge in [0.05, 0.1) is 25.4 Å². The monoisotopic (exact) mass is 1140 g/mol. The lowest BCUT2D eigenvalue weighted by atomic mass is 10.0. The maximum Gasteiger partial charge on any atom is 0.305 e. The minimum atomic E-state index is -0.840. The molecule has 0 saturated heterocycles. The normalized spacial score (nSPS) is 12.6. The highest BCUT2D eigenvalue weighted by Gasteiger charge is 2.18. The Kier molecular flexibility index (Phi) is 69.4. The molecule has 81 heavy (non-hydrogen) atoms. The Morgan fingerprint density at radius 2 is 0.580 bits per heavy atom. The molecule has 0 spiro atoms. The van der Waals surface area contributed by atoms with E-state index >= 15 is 0 Å². The third kappa shape index (κ3) is 67.3. The molecule has 6 nitrogen and oxygen atoms in total. The summed E-state index contributed by atoms with van der Waals surface area (Å²) in [6.07, 6.45) is 90.0. The van der Waals surface area contributed by atoms with E-state index in [-0.39, 0.29) is 18.5 Å². The number of carbonyl (C=O) groups is 2. The van der Waals surface area contributed by atoms with E-state index in [0.29, 0.717) is 19.4 Å². The highest BCUT2D eigenvalue weighted by molar-refractivity contribution is 5.76. The van der Waals surface area contributed by atoms with Crippen LogP contribution in [0, 0.1) is 0 Å². The Morgan fingerprint density at radius 1 is 0.333 bits per heavy atom. The van der Waals surface area contributed by atoms with Crippen molar-refractivity contribution in [3.05, 3.63) is 24.3 Å². The van der Waals surface area contributed by atoms with Gasteiger partial charge in [0, 0.05) is 12.8 Å². The molecule has 0 heterocycles. The fourth-order valence-corrected chi connectivity index (χ4v) is 11.8. The zero-order valence-electron chi connectivity index (χ0n) is 55.0. The average Bonchev–Trinajstić information content (AvgIpc) is 3.47. The van der Waals surface area contributed by atoms with Gasteiger partial charge in [-0.05, 0) is 57.8 Å². The fraction of sp³-hybridized carbons (Fsp3) is 0.920. The van der Waals surface area contributed by atoms with Crippen molar-refractivity contribution in [2.24, 2.45) is 0 Å². The van der Waals surface area contributed by atoms with Crippen molar-refractivity contribution in [2.45, 2.75) is 431 Å². The minimum Gasteiger partial charge on any atom is -0.466 e. The zero-order chi connectivity index (χ0) is 58.5. The van der Waals surface area contributed by atoms with E-state index in [4.69, 9.17) is 4.74 Å². The first kappa shape index (κ1) is 79.3. The van der Waals surface area contributed by atoms with Gasteiger partial charge in [-0.2, -0.15) is 0 Å². The van der Waals surface area contributed by atoms with Gasteiger partial charge in [-0.3, -0.25) is 9.59 Å². The molecule has 0 aliphatic heterocycles. The van der Waals surface area contributed by atoms with Crippen molar-refractivity contribution in [2.75, 3.05) is 13.2 Å². The third-order valence-electron chi connectivity index (χ3n) is 17.5. The van der Waals surface area contributed by atoms with Gasteiger partial charge in [-0.1, -0.05) is 372 Å². The Labute approximate surface area is 507 Å². The van der Waals surface area contributed by atoms with Crippen LogP contribution in [-0.4, -0.2) is 47.4 Å². The van der Waals surface area contributed by atoms with Crippen LogP contribution in [0.25, 0.3) is 0 Å². The second-order valence-electron chi connectivity index (χ2n) is 25.6. The molecular formula is C75H145NO5. The number of esters is 1. The molecule has 0 fully saturated rings. The number of allylic oxidation sites excluding steroid dienone is 3. The Morgan fingerprint density at radius 3 is 0.877 bits per heavy atom. The second kappa shape index (κ2) is 70.8. The molecule has 3 N–H and O–H groups in total. The number of ether oxygens (including phenoxy) is 1. The summed E-state index contributed by atoms with van der Waals surface area (Å²) in [5.41, 5.74) is 0. The Hall–Kier alpha value is -1.66. The van der Waals surface area contributed by atoms with E-state index < -0.39 is 12.1 Å². The van der Waals surface area contributed by atoms with Crippen LogP contribution in [0.4, 0.5) is 0 Å². The van der Waals surface area contributed by atoms with Gasteiger partial charge in [0.2, 0.25) is 5.91 Å². The summed E-state index contributed by atoms with van der Waals surface area (Å²) in [6.45, 7) is 4.94. The molecule has 0 aromatic carbocycles. The van der Waals surface area contributed by atoms with Gasteiger partial charge in [-0.15, -0.1) is 0 Å². The summed E-state index contributed by atoms with van der Waals surface area (Å²) in [7, 11) is 0. The molecule has 0 aliphatic carbocycles. The number of aliphatic hydroxyl groups is 2. The summed E-state index contributed by atoms with van der Waals surface area (Å²) in [5, 5.41) is 23.2. The molecule has 0 radical (unpaired) electrons. The van der Waals surface area contributed by atoms with Crippen molar-refractivity contribution >= 4 is 11.9 Å². The molecule has 0 rings (SSSR count). The first-order valence-electron chi connectivity index (χ1n) is 37.1. The van der Waals surface area contributed by atoms with E-state index in [2.05, 4.69) is 31.3 Å². The molecular weight excluding hydrogens is 995 g/mol. The summed E-state index contributed by atoms with van der Waals surface area (Å²) < 4.78 is 5.50. The average molecular weight is 1140 g/mol. The number of hydrogen-bond donors (Lipinski definition) is 3. The molecule has 0 aromatic heterocycles. The third-order valence-corrected chi connectivity index (χ3v) is 17.5. The van der Waals surface area contributed by atoms with Crippen LogP contribution in [0.15, 0.2) is 24.3 Å². The lowest BCUT2D eigenvalue weighted by Gasteiger charge is -2.20. The largest absolute Gasteiger partial charge is 0.466 e. The molecule has 2 atom stereocenters. The van der Waals surface area contributed by atoms with Crippen LogP contribution in [0.1, 0.15) is 418 Å². The predicted octanol–water partition coefficient (Wildman–Crippen LogP) is 24.1. The Balaban J connectivity index is 3.32. The van der Waals surface area contributed by atoms with Crippen molar-refractivity contribution in [1.82, 2.24) is 5.32 Å². The van der Waals surface area contributed by atoms with Crippen LogP contribution in [0.2, 0.25) is 0 Å². The number of hydrogen-bond acceptors (Lipinski definition) is 5. The number of amides is 1. The van der Waals surface area contributed by atoms with Gasteiger partial charge >= 0.3 is 5.97 Å². The predicted molar refractivity (Wildman–Crippen MR) is 356 cm³/mol. The SMILES string of the molecule is CCCCCCCCC/C=C\CCCCCCCC(=O)OCCCCCCCCCCCCCCCCCCCCCCCCCCCCCCCCCCCC(=O)NC(CO)C(O)/C=C/CCCCCCCCCCCCCCC. The molecule has 6 heteroatoms. The topological polar surface area (TPSA) is 95.9 Å². The quantitative estimate of drug-likeness (QED) is 0.0320. The molecule has 0 aliphatic rings. The number of aliphatic hydroxyl groups excluding tert-OH is 2. The number of unbranched alkanes of at least 4 members (excludes halogenated alkanes) is 57.